The van der Waals surface area contributed by atoms with Crippen molar-refractivity contribution in [3.05, 3.63) is 81.3 Å². The number of hydrogen-bond donors (Lipinski definition) is 2. The van der Waals surface area contributed by atoms with E-state index in [4.69, 9.17) is 29.2 Å². The number of benzene rings is 2. The van der Waals surface area contributed by atoms with Crippen molar-refractivity contribution in [3.63, 3.8) is 0 Å². The maximum atomic E-state index is 17.2. The summed E-state index contributed by atoms with van der Waals surface area (Å²) >= 11 is 1.74. The number of amides is 4. The number of methoxy groups -OCH3 is 2. The number of carbonyl (C=O) groups excluding carboxylic acids is 4. The van der Waals surface area contributed by atoms with Gasteiger partial charge in [-0.1, -0.05) is 33.8 Å². The lowest BCUT2D eigenvalue weighted by molar-refractivity contribution is -0.134. The van der Waals surface area contributed by atoms with E-state index in [0.29, 0.717) is 54.6 Å². The van der Waals surface area contributed by atoms with Crippen LogP contribution >= 0.6 is 65.3 Å². The second kappa shape index (κ2) is 23.3. The zero-order chi connectivity index (χ0) is 49.4. The highest BCUT2D eigenvalue weighted by Gasteiger charge is 2.43. The summed E-state index contributed by atoms with van der Waals surface area (Å²) in [5.74, 6) is 0.318. The molecule has 404 valence electrons. The fraction of sp³-hybridized carbons (Fsp3) is 0.500. The van der Waals surface area contributed by atoms with Crippen molar-refractivity contribution < 1.29 is 37.8 Å². The molecule has 4 amide bonds. The third-order valence-corrected chi connectivity index (χ3v) is 16.6. The van der Waals surface area contributed by atoms with Crippen LogP contribution in [0, 0.1) is 17.7 Å². The minimum atomic E-state index is -0.741. The summed E-state index contributed by atoms with van der Waals surface area (Å²) in [5.41, 5.74) is 8.43. The molecule has 0 bridgehead atoms. The largest absolute Gasteiger partial charge is 0.464 e. The molecule has 0 radical (unpaired) electrons. The molecule has 1 unspecified atom stereocenters. The van der Waals surface area contributed by atoms with Crippen LogP contribution in [0.4, 0.5) is 14.0 Å². The lowest BCUT2D eigenvalue weighted by atomic mass is 9.95. The highest BCUT2D eigenvalue weighted by Crippen LogP contribution is 2.54. The van der Waals surface area contributed by atoms with Crippen LogP contribution in [0.15, 0.2) is 58.8 Å². The topological polar surface area (TPSA) is 169 Å². The van der Waals surface area contributed by atoms with Gasteiger partial charge in [-0.15, -0.1) is 11.3 Å². The van der Waals surface area contributed by atoms with Crippen molar-refractivity contribution >= 4 is 123 Å². The predicted molar refractivity (Wildman–Crippen MR) is 312 cm³/mol. The number of nitrogens with one attached hydrogen (secondary N) is 2. The van der Waals surface area contributed by atoms with E-state index in [1.807, 2.05) is 49.8 Å². The van der Waals surface area contributed by atoms with Crippen LogP contribution in [-0.2, 0) is 19.1 Å². The molecule has 7 aliphatic rings. The Morgan fingerprint density at radius 1 is 0.720 bits per heavy atom. The van der Waals surface area contributed by atoms with Gasteiger partial charge in [0.1, 0.15) is 23.7 Å². The Morgan fingerprint density at radius 3 is 1.79 bits per heavy atom. The Bertz CT molecular complexity index is 3000. The molecule has 2 aromatic carbocycles. The molecule has 4 aromatic rings. The normalized spacial score (nSPS) is 21.2. The summed E-state index contributed by atoms with van der Waals surface area (Å²) in [4.78, 5) is 72.0. The molecule has 0 spiro atoms. The Balaban J connectivity index is 0.00000205. The third-order valence-electron chi connectivity index (χ3n) is 15.3. The van der Waals surface area contributed by atoms with Crippen LogP contribution in [0.2, 0.25) is 0 Å². The summed E-state index contributed by atoms with van der Waals surface area (Å²) < 4.78 is 36.1. The van der Waals surface area contributed by atoms with Crippen molar-refractivity contribution in [3.8, 4) is 17.0 Å². The fourth-order valence-corrected chi connectivity index (χ4v) is 12.5. The van der Waals surface area contributed by atoms with Crippen LogP contribution in [0.5, 0.6) is 5.75 Å². The predicted octanol–water partition coefficient (Wildman–Crippen LogP) is 10.2. The summed E-state index contributed by atoms with van der Waals surface area (Å²) in [5, 5.41) is 7.56. The first-order valence-electron chi connectivity index (χ1n) is 25.3. The number of nitrogens with zero attached hydrogens (tertiary/aromatic N) is 6. The Kier molecular flexibility index (Phi) is 18.0. The monoisotopic (exact) mass is 1120 g/mol. The van der Waals surface area contributed by atoms with Gasteiger partial charge >= 0.3 is 12.2 Å². The van der Waals surface area contributed by atoms with E-state index in [1.54, 1.807) is 23.6 Å². The van der Waals surface area contributed by atoms with Crippen molar-refractivity contribution in [2.45, 2.75) is 134 Å². The molecule has 2 saturated heterocycles. The van der Waals surface area contributed by atoms with Gasteiger partial charge < -0.3 is 34.6 Å². The van der Waals surface area contributed by atoms with E-state index in [2.05, 4.69) is 39.5 Å². The number of aromatic nitrogens is 2. The molecule has 5 aliphatic heterocycles. The maximum Gasteiger partial charge on any atom is 0.407 e. The second-order valence-electron chi connectivity index (χ2n) is 20.8. The SMILES string of the molecule is COC(=O)N[C@H](C(=O)N1CCC[C@H]1C1=NC=C(c2cc(F)c3c(c2)OC(c2sc(C4CC4)nc2C2CC2)n2c-3cc3cc(C4=CN=C([C@@H]5CCCN5C(=O)[C@@H](NC(=O)OC)C(C)C)C4)ccc32)C1)C(C)C.S.S.S.S. The average Bonchev–Trinajstić information content (AvgIpc) is 3.86. The van der Waals surface area contributed by atoms with Crippen LogP contribution in [-0.4, -0.2) is 106 Å². The zero-order valence-corrected chi connectivity index (χ0v) is 47.9. The number of alkyl carbamates (subject to hydrolysis) is 2. The zero-order valence-electron chi connectivity index (χ0n) is 43.1. The van der Waals surface area contributed by atoms with Gasteiger partial charge in [-0.25, -0.2) is 19.0 Å². The third kappa shape index (κ3) is 11.0. The van der Waals surface area contributed by atoms with Crippen LogP contribution < -0.4 is 15.4 Å². The first-order chi connectivity index (χ1) is 34.3. The summed E-state index contributed by atoms with van der Waals surface area (Å²) in [6, 6.07) is 10.1. The fourth-order valence-electron chi connectivity index (χ4n) is 11.2. The van der Waals surface area contributed by atoms with E-state index < -0.39 is 36.3 Å². The molecule has 2 N–H and O–H groups in total. The molecule has 2 aromatic heterocycles. The van der Waals surface area contributed by atoms with Gasteiger partial charge in [0, 0.05) is 67.0 Å². The van der Waals surface area contributed by atoms with Crippen LogP contribution in [0.25, 0.3) is 33.3 Å². The first-order valence-corrected chi connectivity index (χ1v) is 26.1. The van der Waals surface area contributed by atoms with Gasteiger partial charge in [-0.2, -0.15) is 54.0 Å². The highest BCUT2D eigenvalue weighted by atomic mass is 32.1. The van der Waals surface area contributed by atoms with Gasteiger partial charge in [0.2, 0.25) is 18.0 Å². The molecule has 7 heterocycles. The first kappa shape index (κ1) is 57.7. The van der Waals surface area contributed by atoms with Gasteiger partial charge in [0.25, 0.3) is 0 Å². The molecule has 2 saturated carbocycles. The summed E-state index contributed by atoms with van der Waals surface area (Å²) in [6.45, 7) is 8.75. The Hall–Kier alpha value is -4.96. The molecule has 11 rings (SSSR count). The highest BCUT2D eigenvalue weighted by molar-refractivity contribution is 7.59. The number of likely N-dealkylation sites (tertiary alicyclic amines) is 2. The molecule has 21 heteroatoms. The maximum absolute atomic E-state index is 17.2. The van der Waals surface area contributed by atoms with E-state index in [9.17, 15) is 19.2 Å². The quantitative estimate of drug-likeness (QED) is 0.133. The lowest BCUT2D eigenvalue weighted by Gasteiger charge is -2.31. The van der Waals surface area contributed by atoms with Gasteiger partial charge in [0.15, 0.2) is 0 Å². The molecule has 75 heavy (non-hydrogen) atoms. The Labute approximate surface area is 469 Å². The number of fused-ring (bicyclic) bond motifs is 5. The van der Waals surface area contributed by atoms with Gasteiger partial charge in [-0.05, 0) is 116 Å². The molecule has 5 atom stereocenters. The van der Waals surface area contributed by atoms with E-state index in [-0.39, 0.29) is 89.7 Å². The average molecular weight is 1120 g/mol. The minimum Gasteiger partial charge on any atom is -0.464 e. The second-order valence-corrected chi connectivity index (χ2v) is 21.9. The van der Waals surface area contributed by atoms with Crippen LogP contribution in [0.1, 0.15) is 137 Å². The summed E-state index contributed by atoms with van der Waals surface area (Å²) in [7, 11) is 2.58. The number of rotatable bonds is 13. The molecular weight excluding hydrogens is 1050 g/mol. The van der Waals surface area contributed by atoms with Crippen molar-refractivity contribution in [2.24, 2.45) is 21.8 Å². The number of aliphatic imine (C=N–C) groups is 2. The standard InChI is InChI=1S/C54H61FN8O7S.4H2S/c1-27(2)45(59-53(66)68-5)50(64)61-17-7-9-40(61)37-21-34(25-56-37)31-15-16-39-33(19-31)23-42-44-36(55)20-32(24-43(44)70-52(63(39)42)48-47(29-11-12-29)58-49(71-48)30-13-14-30)35-22-38(57-26-35)41-10-8-18-62(41)51(65)46(28(3)4)60-54(67)69-6;;;;/h15-16,19-20,23-30,40-41,45-46,52H,7-14,17-18,21-22H2,1-6H3,(H,59,66)(H,60,67);4*1H2/t40-,41-,45-,46-,52?;;;;/m0..../s1. The van der Waals surface area contributed by atoms with E-state index in [0.717, 1.165) is 112 Å². The summed E-state index contributed by atoms with van der Waals surface area (Å²) in [6.07, 6.45) is 10.5. The molecule has 4 fully saturated rings. The Morgan fingerprint density at radius 2 is 1.27 bits per heavy atom. The van der Waals surface area contributed by atoms with Crippen LogP contribution in [0.3, 0.4) is 0 Å². The minimum absolute atomic E-state index is 0. The van der Waals surface area contributed by atoms with E-state index >= 15 is 4.39 Å². The molecular formula is C54H69FN8O7S5. The molecule has 2 aliphatic carbocycles. The molecule has 15 nitrogen and oxygen atoms in total. The van der Waals surface area contributed by atoms with E-state index in [1.165, 1.54) is 14.2 Å². The number of hydrogen-bond acceptors (Lipinski definition) is 11. The number of halogens is 1. The van der Waals surface area contributed by atoms with Crippen molar-refractivity contribution in [2.75, 3.05) is 27.3 Å². The number of ether oxygens (including phenoxy) is 3. The van der Waals surface area contributed by atoms with Crippen molar-refractivity contribution in [1.29, 1.82) is 0 Å². The van der Waals surface area contributed by atoms with Gasteiger partial charge in [-0.3, -0.25) is 24.1 Å². The van der Waals surface area contributed by atoms with Crippen molar-refractivity contribution in [1.82, 2.24) is 30.0 Å². The number of thiazole rings is 1. The number of carbonyl (C=O) groups is 4. The number of allylic oxidation sites excluding steroid dienone is 2. The van der Waals surface area contributed by atoms with Gasteiger partial charge in [0.05, 0.1) is 58.7 Å². The smallest absolute Gasteiger partial charge is 0.407 e. The lowest BCUT2D eigenvalue weighted by Crippen LogP contribution is -2.53.